The van der Waals surface area contributed by atoms with Crippen LogP contribution in [0.25, 0.3) is 10.8 Å². The lowest BCUT2D eigenvalue weighted by Gasteiger charge is -2.24. The van der Waals surface area contributed by atoms with E-state index in [1.165, 1.54) is 10.8 Å². The van der Waals surface area contributed by atoms with Gasteiger partial charge in [-0.05, 0) is 30.5 Å². The molecular formula is C21H22N2O2. The van der Waals surface area contributed by atoms with Crippen LogP contribution in [0, 0.1) is 0 Å². The minimum absolute atomic E-state index is 0.329. The van der Waals surface area contributed by atoms with Crippen molar-refractivity contribution in [3.8, 4) is 0 Å². The first-order chi connectivity index (χ1) is 12.3. The maximum atomic E-state index is 11.9. The van der Waals surface area contributed by atoms with Crippen LogP contribution in [-0.4, -0.2) is 25.8 Å². The van der Waals surface area contributed by atoms with Gasteiger partial charge in [0.2, 0.25) is 0 Å². The number of carbonyl (C=O) groups excluding carboxylic acids is 1. The van der Waals surface area contributed by atoms with E-state index in [1.54, 1.807) is 0 Å². The monoisotopic (exact) mass is 334 g/mol. The minimum atomic E-state index is -0.430. The van der Waals surface area contributed by atoms with Gasteiger partial charge in [-0.25, -0.2) is 4.79 Å². The molecule has 0 saturated carbocycles. The number of likely N-dealkylation sites (N-methyl/N-ethyl adjacent to an activating group) is 1. The first-order valence-corrected chi connectivity index (χ1v) is 8.49. The lowest BCUT2D eigenvalue weighted by Crippen LogP contribution is -2.29. The maximum absolute atomic E-state index is 11.9. The number of hydrogen-bond donors (Lipinski definition) is 1. The van der Waals surface area contributed by atoms with Gasteiger partial charge in [0.25, 0.3) is 0 Å². The number of benzene rings is 3. The zero-order valence-corrected chi connectivity index (χ0v) is 14.3. The molecule has 128 valence electrons. The molecule has 0 fully saturated rings. The molecule has 0 atom stereocenters. The average Bonchev–Trinajstić information content (AvgIpc) is 2.66. The highest BCUT2D eigenvalue weighted by molar-refractivity contribution is 5.94. The first kappa shape index (κ1) is 16.8. The maximum Gasteiger partial charge on any atom is 0.411 e. The second-order valence-electron chi connectivity index (χ2n) is 5.70. The van der Waals surface area contributed by atoms with E-state index >= 15 is 0 Å². The fourth-order valence-electron chi connectivity index (χ4n) is 2.86. The Labute approximate surface area is 148 Å². The molecule has 3 aromatic carbocycles. The van der Waals surface area contributed by atoms with Gasteiger partial charge in [-0.2, -0.15) is 0 Å². The van der Waals surface area contributed by atoms with E-state index in [1.807, 2.05) is 42.5 Å². The summed E-state index contributed by atoms with van der Waals surface area (Å²) in [7, 11) is 0. The molecule has 0 aliphatic rings. The number of anilines is 2. The van der Waals surface area contributed by atoms with Crippen molar-refractivity contribution in [2.24, 2.45) is 0 Å². The molecule has 4 nitrogen and oxygen atoms in total. The molecule has 25 heavy (non-hydrogen) atoms. The summed E-state index contributed by atoms with van der Waals surface area (Å²) in [5.74, 6) is 0. The summed E-state index contributed by atoms with van der Waals surface area (Å²) in [6, 6.07) is 23.9. The van der Waals surface area contributed by atoms with Gasteiger partial charge in [0.15, 0.2) is 0 Å². The van der Waals surface area contributed by atoms with Crippen LogP contribution in [0.1, 0.15) is 6.92 Å². The van der Waals surface area contributed by atoms with Crippen molar-refractivity contribution in [2.75, 3.05) is 29.9 Å². The van der Waals surface area contributed by atoms with Gasteiger partial charge in [0.1, 0.15) is 6.61 Å². The number of rotatable bonds is 6. The van der Waals surface area contributed by atoms with Crippen LogP contribution in [0.4, 0.5) is 16.2 Å². The van der Waals surface area contributed by atoms with E-state index in [4.69, 9.17) is 4.74 Å². The van der Waals surface area contributed by atoms with Gasteiger partial charge in [-0.1, -0.05) is 54.6 Å². The van der Waals surface area contributed by atoms with Crippen LogP contribution in [-0.2, 0) is 4.74 Å². The number of nitrogens with zero attached hydrogens (tertiary/aromatic N) is 1. The molecule has 0 heterocycles. The summed E-state index contributed by atoms with van der Waals surface area (Å²) in [5, 5.41) is 5.14. The highest BCUT2D eigenvalue weighted by atomic mass is 16.5. The first-order valence-electron chi connectivity index (χ1n) is 8.49. The molecule has 0 saturated heterocycles. The predicted molar refractivity (Wildman–Crippen MR) is 103 cm³/mol. The molecule has 1 amide bonds. The Kier molecular flexibility index (Phi) is 5.52. The van der Waals surface area contributed by atoms with Crippen LogP contribution >= 0.6 is 0 Å². The number of fused-ring (bicyclic) bond motifs is 1. The zero-order chi connectivity index (χ0) is 17.5. The fourth-order valence-corrected chi connectivity index (χ4v) is 2.86. The van der Waals surface area contributed by atoms with Crippen LogP contribution in [0.3, 0.4) is 0 Å². The molecule has 0 radical (unpaired) electrons. The van der Waals surface area contributed by atoms with E-state index in [9.17, 15) is 4.79 Å². The standard InChI is InChI=1S/C21H22N2O2/c1-2-23(20-14-8-10-17-9-6-7-13-19(17)20)15-16-25-21(24)22-18-11-4-3-5-12-18/h3-14H,2,15-16H2,1H3,(H,22,24). The van der Waals surface area contributed by atoms with Crippen LogP contribution in [0.5, 0.6) is 0 Å². The highest BCUT2D eigenvalue weighted by Crippen LogP contribution is 2.26. The van der Waals surface area contributed by atoms with Crippen molar-refractivity contribution in [1.82, 2.24) is 0 Å². The van der Waals surface area contributed by atoms with Gasteiger partial charge in [-0.3, -0.25) is 5.32 Å². The van der Waals surface area contributed by atoms with E-state index in [0.29, 0.717) is 13.2 Å². The topological polar surface area (TPSA) is 41.6 Å². The molecule has 0 spiro atoms. The minimum Gasteiger partial charge on any atom is -0.447 e. The lowest BCUT2D eigenvalue weighted by molar-refractivity contribution is 0.164. The van der Waals surface area contributed by atoms with Crippen molar-refractivity contribution in [3.63, 3.8) is 0 Å². The van der Waals surface area contributed by atoms with Crippen LogP contribution in [0.15, 0.2) is 72.8 Å². The van der Waals surface area contributed by atoms with Gasteiger partial charge in [0.05, 0.1) is 6.54 Å². The Morgan fingerprint density at radius 1 is 0.960 bits per heavy atom. The molecule has 0 aliphatic carbocycles. The summed E-state index contributed by atoms with van der Waals surface area (Å²) in [6.45, 7) is 3.92. The average molecular weight is 334 g/mol. The van der Waals surface area contributed by atoms with Crippen molar-refractivity contribution in [2.45, 2.75) is 6.92 Å². The normalized spacial score (nSPS) is 10.4. The van der Waals surface area contributed by atoms with E-state index in [2.05, 4.69) is 47.5 Å². The highest BCUT2D eigenvalue weighted by Gasteiger charge is 2.09. The molecule has 0 aliphatic heterocycles. The Hall–Kier alpha value is -3.01. The predicted octanol–water partition coefficient (Wildman–Crippen LogP) is 4.91. The lowest BCUT2D eigenvalue weighted by atomic mass is 10.1. The van der Waals surface area contributed by atoms with Crippen LogP contribution in [0.2, 0.25) is 0 Å². The van der Waals surface area contributed by atoms with E-state index in [-0.39, 0.29) is 0 Å². The molecule has 0 aromatic heterocycles. The summed E-state index contributed by atoms with van der Waals surface area (Å²) >= 11 is 0. The van der Waals surface area contributed by atoms with Gasteiger partial charge in [0, 0.05) is 23.3 Å². The quantitative estimate of drug-likeness (QED) is 0.696. The largest absolute Gasteiger partial charge is 0.447 e. The number of hydrogen-bond acceptors (Lipinski definition) is 3. The Balaban J connectivity index is 1.60. The second-order valence-corrected chi connectivity index (χ2v) is 5.70. The summed E-state index contributed by atoms with van der Waals surface area (Å²) in [5.41, 5.74) is 1.89. The molecule has 4 heteroatoms. The third-order valence-corrected chi connectivity index (χ3v) is 4.10. The molecule has 1 N–H and O–H groups in total. The SMILES string of the molecule is CCN(CCOC(=O)Nc1ccccc1)c1cccc2ccccc12. The third kappa shape index (κ3) is 4.29. The molecule has 0 bridgehead atoms. The van der Waals surface area contributed by atoms with Gasteiger partial charge < -0.3 is 9.64 Å². The van der Waals surface area contributed by atoms with E-state index in [0.717, 1.165) is 17.9 Å². The summed E-state index contributed by atoms with van der Waals surface area (Å²) in [6.07, 6.45) is -0.430. The molecule has 3 aromatic rings. The summed E-state index contributed by atoms with van der Waals surface area (Å²) < 4.78 is 5.32. The van der Waals surface area contributed by atoms with Crippen molar-refractivity contribution < 1.29 is 9.53 Å². The number of nitrogens with one attached hydrogen (secondary N) is 1. The number of carbonyl (C=O) groups is 1. The second kappa shape index (κ2) is 8.20. The zero-order valence-electron chi connectivity index (χ0n) is 14.3. The van der Waals surface area contributed by atoms with Crippen molar-refractivity contribution in [3.05, 3.63) is 72.8 Å². The third-order valence-electron chi connectivity index (χ3n) is 4.10. The molecular weight excluding hydrogens is 312 g/mol. The number of para-hydroxylation sites is 1. The Morgan fingerprint density at radius 3 is 2.48 bits per heavy atom. The van der Waals surface area contributed by atoms with E-state index < -0.39 is 6.09 Å². The van der Waals surface area contributed by atoms with Gasteiger partial charge in [-0.15, -0.1) is 0 Å². The van der Waals surface area contributed by atoms with Crippen LogP contribution < -0.4 is 10.2 Å². The van der Waals surface area contributed by atoms with Crippen molar-refractivity contribution >= 4 is 28.2 Å². The molecule has 0 unspecified atom stereocenters. The Morgan fingerprint density at radius 2 is 1.68 bits per heavy atom. The molecule has 3 rings (SSSR count). The Bertz CT molecular complexity index is 828. The smallest absolute Gasteiger partial charge is 0.411 e. The number of amides is 1. The number of ether oxygens (including phenoxy) is 1. The fraction of sp³-hybridized carbons (Fsp3) is 0.190. The summed E-state index contributed by atoms with van der Waals surface area (Å²) in [4.78, 5) is 14.1. The van der Waals surface area contributed by atoms with Crippen molar-refractivity contribution in [1.29, 1.82) is 0 Å². The van der Waals surface area contributed by atoms with Gasteiger partial charge >= 0.3 is 6.09 Å².